The van der Waals surface area contributed by atoms with Gasteiger partial charge in [-0.3, -0.25) is 4.79 Å². The highest BCUT2D eigenvalue weighted by Crippen LogP contribution is 2.34. The van der Waals surface area contributed by atoms with E-state index in [1.165, 1.54) is 0 Å². The average Bonchev–Trinajstić information content (AvgIpc) is 2.37. The van der Waals surface area contributed by atoms with E-state index in [9.17, 15) is 13.6 Å². The Bertz CT molecular complexity index is 464. The highest BCUT2D eigenvalue weighted by Gasteiger charge is 2.30. The lowest BCUT2D eigenvalue weighted by molar-refractivity contribution is 0.0853. The summed E-state index contributed by atoms with van der Waals surface area (Å²) in [5.41, 5.74) is -0.370. The number of Topliss-reactive ketones (excluding diaryl/α,β-unsaturated/α-hetero) is 1. The molecule has 1 aliphatic rings. The van der Waals surface area contributed by atoms with E-state index >= 15 is 0 Å². The summed E-state index contributed by atoms with van der Waals surface area (Å²) >= 11 is 3.02. The summed E-state index contributed by atoms with van der Waals surface area (Å²) in [5, 5.41) is 0. The van der Waals surface area contributed by atoms with Gasteiger partial charge in [0, 0.05) is 10.4 Å². The Balaban J connectivity index is 2.24. The summed E-state index contributed by atoms with van der Waals surface area (Å²) in [4.78, 5) is 12.3. The third-order valence-corrected chi connectivity index (χ3v) is 4.44. The van der Waals surface area contributed by atoms with Crippen molar-refractivity contribution in [3.05, 3.63) is 33.8 Å². The van der Waals surface area contributed by atoms with Gasteiger partial charge >= 0.3 is 0 Å². The lowest BCUT2D eigenvalue weighted by atomic mass is 9.77. The Morgan fingerprint density at radius 2 is 1.95 bits per heavy atom. The van der Waals surface area contributed by atoms with Crippen molar-refractivity contribution < 1.29 is 13.6 Å². The Morgan fingerprint density at radius 1 is 1.32 bits per heavy atom. The molecule has 0 saturated heterocycles. The van der Waals surface area contributed by atoms with Crippen molar-refractivity contribution in [2.45, 2.75) is 39.0 Å². The molecule has 2 rings (SSSR count). The highest BCUT2D eigenvalue weighted by atomic mass is 79.9. The first kappa shape index (κ1) is 14.6. The molecule has 1 aliphatic carbocycles. The van der Waals surface area contributed by atoms with Crippen LogP contribution in [0.5, 0.6) is 0 Å². The lowest BCUT2D eigenvalue weighted by Gasteiger charge is -2.27. The molecule has 1 aromatic rings. The second kappa shape index (κ2) is 6.12. The molecule has 0 bridgehead atoms. The molecular formula is C15H17BrF2O. The molecule has 0 radical (unpaired) electrons. The molecule has 0 N–H and O–H groups in total. The molecule has 0 heterocycles. The van der Waals surface area contributed by atoms with Crippen LogP contribution in [0.25, 0.3) is 0 Å². The number of rotatable bonds is 3. The van der Waals surface area contributed by atoms with Crippen LogP contribution in [0.3, 0.4) is 0 Å². The van der Waals surface area contributed by atoms with Gasteiger partial charge in [0.15, 0.2) is 5.78 Å². The summed E-state index contributed by atoms with van der Waals surface area (Å²) in [5.74, 6) is -1.64. The summed E-state index contributed by atoms with van der Waals surface area (Å²) < 4.78 is 27.9. The lowest BCUT2D eigenvalue weighted by Crippen LogP contribution is -2.24. The van der Waals surface area contributed by atoms with Crippen molar-refractivity contribution in [3.8, 4) is 0 Å². The molecule has 2 unspecified atom stereocenters. The first-order valence-corrected chi connectivity index (χ1v) is 7.51. The molecule has 104 valence electrons. The third-order valence-electron chi connectivity index (χ3n) is 3.98. The SMILES string of the molecule is CCC1CCCC(C(=O)c2c(F)cc(Br)cc2F)C1. The van der Waals surface area contributed by atoms with Gasteiger partial charge in [0.25, 0.3) is 0 Å². The van der Waals surface area contributed by atoms with Crippen LogP contribution in [0.1, 0.15) is 49.4 Å². The second-order valence-corrected chi connectivity index (χ2v) is 6.16. The van der Waals surface area contributed by atoms with Gasteiger partial charge in [-0.2, -0.15) is 0 Å². The number of hydrogen-bond acceptors (Lipinski definition) is 1. The van der Waals surface area contributed by atoms with Gasteiger partial charge in [-0.25, -0.2) is 8.78 Å². The van der Waals surface area contributed by atoms with E-state index in [1.54, 1.807) is 0 Å². The van der Waals surface area contributed by atoms with Crippen molar-refractivity contribution in [1.82, 2.24) is 0 Å². The summed E-state index contributed by atoms with van der Waals surface area (Å²) in [6, 6.07) is 2.30. The molecule has 1 saturated carbocycles. The molecule has 0 amide bonds. The van der Waals surface area contributed by atoms with E-state index < -0.39 is 11.6 Å². The van der Waals surface area contributed by atoms with Crippen LogP contribution in [0, 0.1) is 23.5 Å². The van der Waals surface area contributed by atoms with Crippen LogP contribution in [0.2, 0.25) is 0 Å². The van der Waals surface area contributed by atoms with Crippen LogP contribution in [0.4, 0.5) is 8.78 Å². The Morgan fingerprint density at radius 3 is 2.53 bits per heavy atom. The minimum atomic E-state index is -0.768. The predicted octanol–water partition coefficient (Wildman–Crippen LogP) is 5.13. The van der Waals surface area contributed by atoms with Crippen LogP contribution < -0.4 is 0 Å². The molecule has 2 atom stereocenters. The average molecular weight is 331 g/mol. The first-order chi connectivity index (χ1) is 9.02. The largest absolute Gasteiger partial charge is 0.294 e. The fourth-order valence-electron chi connectivity index (χ4n) is 2.88. The minimum Gasteiger partial charge on any atom is -0.294 e. The van der Waals surface area contributed by atoms with Crippen LogP contribution in [0.15, 0.2) is 16.6 Å². The van der Waals surface area contributed by atoms with Gasteiger partial charge in [-0.15, -0.1) is 0 Å². The number of halogens is 3. The maximum Gasteiger partial charge on any atom is 0.171 e. The van der Waals surface area contributed by atoms with Gasteiger partial charge in [0.1, 0.15) is 11.6 Å². The van der Waals surface area contributed by atoms with Gasteiger partial charge in [0.2, 0.25) is 0 Å². The number of ketones is 1. The fourth-order valence-corrected chi connectivity index (χ4v) is 3.28. The smallest absolute Gasteiger partial charge is 0.171 e. The summed E-state index contributed by atoms with van der Waals surface area (Å²) in [7, 11) is 0. The maximum atomic E-state index is 13.8. The van der Waals surface area contributed by atoms with Gasteiger partial charge in [-0.1, -0.05) is 42.1 Å². The first-order valence-electron chi connectivity index (χ1n) is 6.71. The zero-order valence-corrected chi connectivity index (χ0v) is 12.5. The molecular weight excluding hydrogens is 314 g/mol. The minimum absolute atomic E-state index is 0.233. The van der Waals surface area contributed by atoms with E-state index in [4.69, 9.17) is 0 Å². The van der Waals surface area contributed by atoms with E-state index in [1.807, 2.05) is 0 Å². The monoisotopic (exact) mass is 330 g/mol. The molecule has 19 heavy (non-hydrogen) atoms. The number of carbonyl (C=O) groups excluding carboxylic acids is 1. The zero-order chi connectivity index (χ0) is 14.0. The highest BCUT2D eigenvalue weighted by molar-refractivity contribution is 9.10. The number of carbonyl (C=O) groups is 1. The molecule has 4 heteroatoms. The Kier molecular flexibility index (Phi) is 4.71. The Labute approximate surface area is 120 Å². The van der Waals surface area contributed by atoms with Crippen molar-refractivity contribution >= 4 is 21.7 Å². The van der Waals surface area contributed by atoms with E-state index in [0.717, 1.165) is 44.2 Å². The van der Waals surface area contributed by atoms with Crippen molar-refractivity contribution in [2.24, 2.45) is 11.8 Å². The van der Waals surface area contributed by atoms with Gasteiger partial charge in [-0.05, 0) is 30.9 Å². The predicted molar refractivity (Wildman–Crippen MR) is 74.1 cm³/mol. The quantitative estimate of drug-likeness (QED) is 0.702. The van der Waals surface area contributed by atoms with Crippen LogP contribution in [-0.4, -0.2) is 5.78 Å². The van der Waals surface area contributed by atoms with Crippen molar-refractivity contribution in [1.29, 1.82) is 0 Å². The molecule has 0 aromatic heterocycles. The Hall–Kier alpha value is -0.770. The molecule has 1 aromatic carbocycles. The van der Waals surface area contributed by atoms with E-state index in [2.05, 4.69) is 22.9 Å². The molecule has 1 fully saturated rings. The maximum absolute atomic E-state index is 13.8. The summed E-state index contributed by atoms with van der Waals surface area (Å²) in [6.07, 6.45) is 4.60. The van der Waals surface area contributed by atoms with Gasteiger partial charge in [0.05, 0.1) is 5.56 Å². The second-order valence-electron chi connectivity index (χ2n) is 5.25. The number of hydrogen-bond donors (Lipinski definition) is 0. The molecule has 0 aliphatic heterocycles. The van der Waals surface area contributed by atoms with E-state index in [0.29, 0.717) is 10.4 Å². The van der Waals surface area contributed by atoms with Crippen LogP contribution >= 0.6 is 15.9 Å². The number of benzene rings is 1. The van der Waals surface area contributed by atoms with Crippen LogP contribution in [-0.2, 0) is 0 Å². The third kappa shape index (κ3) is 3.22. The topological polar surface area (TPSA) is 17.1 Å². The normalized spacial score (nSPS) is 23.4. The fraction of sp³-hybridized carbons (Fsp3) is 0.533. The molecule has 1 nitrogen and oxygen atoms in total. The van der Waals surface area contributed by atoms with E-state index in [-0.39, 0.29) is 17.3 Å². The zero-order valence-electron chi connectivity index (χ0n) is 10.9. The summed E-state index contributed by atoms with van der Waals surface area (Å²) in [6.45, 7) is 2.10. The van der Waals surface area contributed by atoms with Gasteiger partial charge < -0.3 is 0 Å². The van der Waals surface area contributed by atoms with Crippen molar-refractivity contribution in [3.63, 3.8) is 0 Å². The standard InChI is InChI=1S/C15H17BrF2O/c1-2-9-4-3-5-10(6-9)15(19)14-12(17)7-11(16)8-13(14)18/h7-10H,2-6H2,1H3. The molecule has 0 spiro atoms. The van der Waals surface area contributed by atoms with Crippen molar-refractivity contribution in [2.75, 3.05) is 0 Å².